The van der Waals surface area contributed by atoms with E-state index >= 15 is 0 Å². The number of benzene rings is 2. The summed E-state index contributed by atoms with van der Waals surface area (Å²) in [6, 6.07) is 13.3. The predicted molar refractivity (Wildman–Crippen MR) is 72.9 cm³/mol. The van der Waals surface area contributed by atoms with E-state index in [2.05, 4.69) is 0 Å². The fourth-order valence-electron chi connectivity index (χ4n) is 2.20. The van der Waals surface area contributed by atoms with Crippen molar-refractivity contribution in [1.29, 1.82) is 0 Å². The Balaban J connectivity index is 0.00000133. The number of esters is 1. The second kappa shape index (κ2) is 5.78. The first-order chi connectivity index (χ1) is 8.79. The summed E-state index contributed by atoms with van der Waals surface area (Å²) in [5, 5.41) is 0. The van der Waals surface area contributed by atoms with E-state index in [1.54, 1.807) is 12.1 Å². The Labute approximate surface area is 133 Å². The van der Waals surface area contributed by atoms with Gasteiger partial charge in [-0.05, 0) is 23.8 Å². The Kier molecular flexibility index (Phi) is 4.30. The van der Waals surface area contributed by atoms with Crippen molar-refractivity contribution in [2.75, 3.05) is 7.11 Å². The van der Waals surface area contributed by atoms with Gasteiger partial charge in [-0.2, -0.15) is 0 Å². The van der Waals surface area contributed by atoms with Crippen molar-refractivity contribution < 1.29 is 14.3 Å². The molecule has 1 heterocycles. The number of para-hydroxylation sites is 1. The first-order valence-corrected chi connectivity index (χ1v) is 5.75. The Morgan fingerprint density at radius 2 is 1.84 bits per heavy atom. The quantitative estimate of drug-likeness (QED) is 0.500. The van der Waals surface area contributed by atoms with E-state index in [4.69, 9.17) is 9.47 Å². The molecule has 3 rings (SSSR count). The molecule has 0 bridgehead atoms. The average molecular weight is 263 g/mol. The molecule has 0 spiro atoms. The second-order valence-corrected chi connectivity index (χ2v) is 4.16. The minimum atomic E-state index is -0.324. The van der Waals surface area contributed by atoms with Crippen molar-refractivity contribution in [3.8, 4) is 11.5 Å². The number of rotatable bonds is 1. The van der Waals surface area contributed by atoms with E-state index in [-0.39, 0.29) is 35.5 Å². The van der Waals surface area contributed by atoms with Crippen LogP contribution in [0.1, 0.15) is 21.5 Å². The molecule has 2 aromatic carbocycles. The van der Waals surface area contributed by atoms with Gasteiger partial charge in [0.25, 0.3) is 0 Å². The third kappa shape index (κ3) is 2.54. The van der Waals surface area contributed by atoms with Crippen LogP contribution in [-0.4, -0.2) is 42.6 Å². The maximum absolute atomic E-state index is 11.7. The third-order valence-corrected chi connectivity index (χ3v) is 3.10. The normalized spacial score (nSPS) is 11.4. The van der Waals surface area contributed by atoms with Crippen LogP contribution in [0.25, 0.3) is 0 Å². The summed E-state index contributed by atoms with van der Waals surface area (Å²) in [5.74, 6) is 1.26. The standard InChI is InChI=1S/C15H12O3.Na/c1-17-15(16)11-6-4-8-14-12(11)9-10-5-2-3-7-13(10)18-14;/h2-8H,9H2,1H3;. The van der Waals surface area contributed by atoms with Gasteiger partial charge < -0.3 is 9.47 Å². The molecule has 91 valence electrons. The van der Waals surface area contributed by atoms with Gasteiger partial charge >= 0.3 is 5.97 Å². The first kappa shape index (κ1) is 14.1. The molecule has 0 unspecified atom stereocenters. The van der Waals surface area contributed by atoms with Crippen LogP contribution in [0.3, 0.4) is 0 Å². The zero-order valence-electron chi connectivity index (χ0n) is 11.0. The zero-order valence-corrected chi connectivity index (χ0v) is 13.0. The van der Waals surface area contributed by atoms with E-state index in [1.807, 2.05) is 30.3 Å². The van der Waals surface area contributed by atoms with Gasteiger partial charge in [0.1, 0.15) is 11.5 Å². The first-order valence-electron chi connectivity index (χ1n) is 5.75. The molecule has 0 amide bonds. The summed E-state index contributed by atoms with van der Waals surface area (Å²) in [7, 11) is 1.39. The zero-order chi connectivity index (χ0) is 12.5. The minimum absolute atomic E-state index is 0. The van der Waals surface area contributed by atoms with Crippen LogP contribution in [0, 0.1) is 0 Å². The SMILES string of the molecule is COC(=O)c1cccc2c1Cc1ccccc1O2.[Na]. The van der Waals surface area contributed by atoms with Crippen LogP contribution < -0.4 is 4.74 Å². The molecule has 0 saturated carbocycles. The van der Waals surface area contributed by atoms with E-state index in [0.717, 1.165) is 22.6 Å². The fourth-order valence-corrected chi connectivity index (χ4v) is 2.20. The van der Waals surface area contributed by atoms with Crippen LogP contribution in [0.15, 0.2) is 42.5 Å². The molecular formula is C15H12NaO3. The molecule has 0 aliphatic carbocycles. The van der Waals surface area contributed by atoms with Crippen LogP contribution in [0.2, 0.25) is 0 Å². The molecule has 0 saturated heterocycles. The number of carbonyl (C=O) groups excluding carboxylic acids is 1. The molecule has 1 aliphatic rings. The summed E-state index contributed by atoms with van der Waals surface area (Å²) < 4.78 is 10.6. The Bertz CT molecular complexity index is 623. The molecular weight excluding hydrogens is 251 g/mol. The second-order valence-electron chi connectivity index (χ2n) is 4.16. The monoisotopic (exact) mass is 263 g/mol. The molecule has 0 atom stereocenters. The number of ether oxygens (including phenoxy) is 2. The number of carbonyl (C=O) groups is 1. The van der Waals surface area contributed by atoms with Gasteiger partial charge in [-0.25, -0.2) is 4.79 Å². The number of hydrogen-bond acceptors (Lipinski definition) is 3. The predicted octanol–water partition coefficient (Wildman–Crippen LogP) is 2.79. The van der Waals surface area contributed by atoms with Gasteiger partial charge in [-0.3, -0.25) is 0 Å². The topological polar surface area (TPSA) is 35.5 Å². The van der Waals surface area contributed by atoms with Crippen molar-refractivity contribution in [3.63, 3.8) is 0 Å². The van der Waals surface area contributed by atoms with E-state index < -0.39 is 0 Å². The van der Waals surface area contributed by atoms with E-state index in [9.17, 15) is 4.79 Å². The smallest absolute Gasteiger partial charge is 0.338 e. The van der Waals surface area contributed by atoms with E-state index in [1.165, 1.54) is 7.11 Å². The molecule has 3 nitrogen and oxygen atoms in total. The van der Waals surface area contributed by atoms with Crippen LogP contribution in [-0.2, 0) is 11.2 Å². The molecule has 19 heavy (non-hydrogen) atoms. The number of hydrogen-bond donors (Lipinski definition) is 0. The van der Waals surface area contributed by atoms with Gasteiger partial charge in [0.15, 0.2) is 0 Å². The minimum Gasteiger partial charge on any atom is -0.465 e. The van der Waals surface area contributed by atoms with Crippen molar-refractivity contribution in [2.45, 2.75) is 6.42 Å². The summed E-state index contributed by atoms with van der Waals surface area (Å²) in [5.41, 5.74) is 2.55. The van der Waals surface area contributed by atoms with Gasteiger partial charge in [0, 0.05) is 41.5 Å². The maximum Gasteiger partial charge on any atom is 0.338 e. The van der Waals surface area contributed by atoms with Crippen molar-refractivity contribution in [2.24, 2.45) is 0 Å². The van der Waals surface area contributed by atoms with Gasteiger partial charge in [-0.1, -0.05) is 24.3 Å². The molecule has 0 fully saturated rings. The number of methoxy groups -OCH3 is 1. The average Bonchev–Trinajstić information content (AvgIpc) is 2.43. The summed E-state index contributed by atoms with van der Waals surface area (Å²) in [6.45, 7) is 0. The van der Waals surface area contributed by atoms with Crippen LogP contribution >= 0.6 is 0 Å². The van der Waals surface area contributed by atoms with Gasteiger partial charge in [-0.15, -0.1) is 0 Å². The summed E-state index contributed by atoms with van der Waals surface area (Å²) >= 11 is 0. The molecule has 2 aromatic rings. The molecule has 4 heteroatoms. The molecule has 1 aliphatic heterocycles. The van der Waals surface area contributed by atoms with Gasteiger partial charge in [0.05, 0.1) is 12.7 Å². The number of fused-ring (bicyclic) bond motifs is 2. The Hall–Kier alpha value is -1.29. The van der Waals surface area contributed by atoms with Crippen molar-refractivity contribution >= 4 is 35.5 Å². The largest absolute Gasteiger partial charge is 0.465 e. The molecule has 1 radical (unpaired) electrons. The fraction of sp³-hybridized carbons (Fsp3) is 0.133. The summed E-state index contributed by atoms with van der Waals surface area (Å²) in [6.07, 6.45) is 0.691. The summed E-state index contributed by atoms with van der Waals surface area (Å²) in [4.78, 5) is 11.7. The molecule has 0 aromatic heterocycles. The van der Waals surface area contributed by atoms with E-state index in [0.29, 0.717) is 12.0 Å². The van der Waals surface area contributed by atoms with Gasteiger partial charge in [0.2, 0.25) is 0 Å². The molecule has 0 N–H and O–H groups in total. The van der Waals surface area contributed by atoms with Crippen LogP contribution in [0.5, 0.6) is 11.5 Å². The maximum atomic E-state index is 11.7. The third-order valence-electron chi connectivity index (χ3n) is 3.10. The van der Waals surface area contributed by atoms with Crippen molar-refractivity contribution in [3.05, 3.63) is 59.2 Å². The Morgan fingerprint density at radius 1 is 1.11 bits per heavy atom. The van der Waals surface area contributed by atoms with Crippen LogP contribution in [0.4, 0.5) is 0 Å². The Morgan fingerprint density at radius 3 is 2.63 bits per heavy atom. The van der Waals surface area contributed by atoms with Crippen molar-refractivity contribution in [1.82, 2.24) is 0 Å².